The zero-order valence-corrected chi connectivity index (χ0v) is 39.3. The summed E-state index contributed by atoms with van der Waals surface area (Å²) in [7, 11) is 0. The number of carbonyl (C=O) groups excluding carboxylic acids is 2. The Morgan fingerprint density at radius 1 is 0.633 bits per heavy atom. The first-order valence-corrected chi connectivity index (χ1v) is 25.2. The van der Waals surface area contributed by atoms with Crippen LogP contribution in [0, 0.1) is 16.0 Å². The fourth-order valence-corrected chi connectivity index (χ4v) is 8.08. The molecule has 0 aliphatic carbocycles. The normalized spacial score (nSPS) is 11.5. The van der Waals surface area contributed by atoms with E-state index in [0.717, 1.165) is 122 Å². The fraction of sp³-hybridized carbons (Fsp3) is 0.860. The van der Waals surface area contributed by atoms with E-state index in [2.05, 4.69) is 42.9 Å². The van der Waals surface area contributed by atoms with Crippen LogP contribution in [0.25, 0.3) is 0 Å². The van der Waals surface area contributed by atoms with Gasteiger partial charge in [0.2, 0.25) is 5.82 Å². The van der Waals surface area contributed by atoms with Gasteiger partial charge in [-0.25, -0.2) is 4.98 Å². The summed E-state index contributed by atoms with van der Waals surface area (Å²) >= 11 is 0. The molecule has 0 saturated heterocycles. The van der Waals surface area contributed by atoms with E-state index in [1.165, 1.54) is 96.0 Å². The number of rotatable bonds is 44. The standard InChI is InChI=1S/C50H92N4O6/c1-5-9-13-17-23-33-46(34-24-18-14-10-6-2)60-49(56)37-26-20-16-22-28-42-53(43-30-40-52-50-47(54(57)58)35-29-39-51-50)41-27-21-15-19-25-36-48(55)59-44-38-45(31-11-7-3)32-12-8-4/h29,35,39,45-46H,5-28,30-34,36-38,40-44H2,1-4H3,(H,51,52). The Kier molecular flexibility index (Phi) is 37.1. The van der Waals surface area contributed by atoms with E-state index in [1.807, 2.05) is 0 Å². The van der Waals surface area contributed by atoms with Crippen LogP contribution in [0.4, 0.5) is 11.5 Å². The van der Waals surface area contributed by atoms with Gasteiger partial charge in [0, 0.05) is 31.6 Å². The van der Waals surface area contributed by atoms with E-state index in [4.69, 9.17) is 9.47 Å². The topological polar surface area (TPSA) is 124 Å². The minimum absolute atomic E-state index is 0.00441. The zero-order valence-electron chi connectivity index (χ0n) is 39.3. The van der Waals surface area contributed by atoms with Gasteiger partial charge < -0.3 is 19.7 Å². The number of anilines is 1. The fourth-order valence-electron chi connectivity index (χ4n) is 8.08. The molecule has 0 aliphatic rings. The van der Waals surface area contributed by atoms with E-state index in [1.54, 1.807) is 12.3 Å². The number of ether oxygens (including phenoxy) is 2. The monoisotopic (exact) mass is 845 g/mol. The molecule has 0 saturated carbocycles. The number of nitro groups is 1. The Morgan fingerprint density at radius 2 is 1.13 bits per heavy atom. The number of hydrogen-bond acceptors (Lipinski definition) is 9. The van der Waals surface area contributed by atoms with Crippen LogP contribution < -0.4 is 5.32 Å². The molecular weight excluding hydrogens is 753 g/mol. The lowest BCUT2D eigenvalue weighted by Gasteiger charge is -2.22. The molecule has 60 heavy (non-hydrogen) atoms. The van der Waals surface area contributed by atoms with E-state index in [9.17, 15) is 19.7 Å². The van der Waals surface area contributed by atoms with Gasteiger partial charge >= 0.3 is 17.6 Å². The van der Waals surface area contributed by atoms with Crippen LogP contribution in [-0.4, -0.2) is 65.6 Å². The maximum absolute atomic E-state index is 12.8. The third-order valence-corrected chi connectivity index (χ3v) is 11.9. The van der Waals surface area contributed by atoms with Crippen molar-refractivity contribution in [2.24, 2.45) is 5.92 Å². The number of hydrogen-bond donors (Lipinski definition) is 1. The molecule has 0 bridgehead atoms. The average Bonchev–Trinajstić information content (AvgIpc) is 3.24. The summed E-state index contributed by atoms with van der Waals surface area (Å²) in [5.74, 6) is 0.948. The van der Waals surface area contributed by atoms with Crippen LogP contribution in [-0.2, 0) is 19.1 Å². The van der Waals surface area contributed by atoms with E-state index in [0.29, 0.717) is 37.7 Å². The highest BCUT2D eigenvalue weighted by Gasteiger charge is 2.16. The number of esters is 2. The largest absolute Gasteiger partial charge is 0.466 e. The summed E-state index contributed by atoms with van der Waals surface area (Å²) in [6.07, 6.45) is 37.1. The summed E-state index contributed by atoms with van der Waals surface area (Å²) < 4.78 is 11.6. The molecular formula is C50H92N4O6. The van der Waals surface area contributed by atoms with Gasteiger partial charge in [-0.1, -0.05) is 156 Å². The molecule has 0 spiro atoms. The van der Waals surface area contributed by atoms with Crippen molar-refractivity contribution in [2.75, 3.05) is 38.1 Å². The first-order chi connectivity index (χ1) is 29.3. The second-order valence-corrected chi connectivity index (χ2v) is 17.5. The SMILES string of the molecule is CCCCCCCC(CCCCCCC)OC(=O)CCCCCCCN(CCCCCCCC(=O)OCCC(CCCC)CCCC)CCCNc1ncccc1[N+](=O)[O-]. The highest BCUT2D eigenvalue weighted by Crippen LogP contribution is 2.22. The molecule has 0 aromatic carbocycles. The molecule has 10 heteroatoms. The second-order valence-electron chi connectivity index (χ2n) is 17.5. The van der Waals surface area contributed by atoms with Crippen molar-refractivity contribution in [1.29, 1.82) is 0 Å². The second kappa shape index (κ2) is 40.3. The molecule has 1 heterocycles. The number of pyridine rings is 1. The van der Waals surface area contributed by atoms with Gasteiger partial charge in [-0.3, -0.25) is 19.7 Å². The molecule has 348 valence electrons. The minimum atomic E-state index is -0.393. The Bertz CT molecular complexity index is 1150. The van der Waals surface area contributed by atoms with Gasteiger partial charge in [-0.15, -0.1) is 0 Å². The molecule has 0 unspecified atom stereocenters. The van der Waals surface area contributed by atoms with Crippen LogP contribution in [0.15, 0.2) is 18.3 Å². The van der Waals surface area contributed by atoms with Crippen molar-refractivity contribution in [2.45, 2.75) is 239 Å². The van der Waals surface area contributed by atoms with Crippen molar-refractivity contribution >= 4 is 23.4 Å². The van der Waals surface area contributed by atoms with Gasteiger partial charge in [-0.2, -0.15) is 0 Å². The number of aromatic nitrogens is 1. The predicted octanol–water partition coefficient (Wildman–Crippen LogP) is 14.3. The third-order valence-electron chi connectivity index (χ3n) is 11.9. The summed E-state index contributed by atoms with van der Waals surface area (Å²) in [4.78, 5) is 42.9. The number of carbonyl (C=O) groups is 2. The lowest BCUT2D eigenvalue weighted by molar-refractivity contribution is -0.384. The molecule has 1 N–H and O–H groups in total. The van der Waals surface area contributed by atoms with Gasteiger partial charge in [0.1, 0.15) is 6.10 Å². The summed E-state index contributed by atoms with van der Waals surface area (Å²) in [6.45, 7) is 13.1. The Balaban J connectivity index is 2.43. The molecule has 1 aromatic rings. The predicted molar refractivity (Wildman–Crippen MR) is 251 cm³/mol. The van der Waals surface area contributed by atoms with Crippen LogP contribution in [0.1, 0.15) is 233 Å². The van der Waals surface area contributed by atoms with Crippen LogP contribution in [0.3, 0.4) is 0 Å². The van der Waals surface area contributed by atoms with Gasteiger partial charge in [0.15, 0.2) is 0 Å². The van der Waals surface area contributed by atoms with Gasteiger partial charge in [0.25, 0.3) is 0 Å². The number of unbranched alkanes of at least 4 members (excludes halogenated alkanes) is 18. The van der Waals surface area contributed by atoms with Gasteiger partial charge in [0.05, 0.1) is 11.5 Å². The molecule has 0 radical (unpaired) electrons. The highest BCUT2D eigenvalue weighted by molar-refractivity contribution is 5.69. The molecule has 10 nitrogen and oxygen atoms in total. The summed E-state index contributed by atoms with van der Waals surface area (Å²) in [5.41, 5.74) is 0.00441. The number of nitrogens with one attached hydrogen (secondary N) is 1. The smallest absolute Gasteiger partial charge is 0.311 e. The first-order valence-electron chi connectivity index (χ1n) is 25.2. The average molecular weight is 845 g/mol. The molecule has 0 amide bonds. The lowest BCUT2D eigenvalue weighted by atomic mass is 9.93. The summed E-state index contributed by atoms with van der Waals surface area (Å²) in [6, 6.07) is 3.07. The van der Waals surface area contributed by atoms with Crippen molar-refractivity contribution in [1.82, 2.24) is 9.88 Å². The third kappa shape index (κ3) is 32.0. The van der Waals surface area contributed by atoms with Crippen LogP contribution in [0.5, 0.6) is 0 Å². The first kappa shape index (κ1) is 55.3. The molecule has 1 rings (SSSR count). The Labute approximate surface area is 368 Å². The Hall–Kier alpha value is -2.75. The quantitative estimate of drug-likeness (QED) is 0.0296. The summed E-state index contributed by atoms with van der Waals surface area (Å²) in [5, 5.41) is 14.6. The highest BCUT2D eigenvalue weighted by atomic mass is 16.6. The van der Waals surface area contributed by atoms with Crippen molar-refractivity contribution in [3.8, 4) is 0 Å². The van der Waals surface area contributed by atoms with E-state index in [-0.39, 0.29) is 23.7 Å². The van der Waals surface area contributed by atoms with Crippen molar-refractivity contribution in [3.63, 3.8) is 0 Å². The maximum Gasteiger partial charge on any atom is 0.311 e. The maximum atomic E-state index is 12.8. The molecule has 0 aliphatic heterocycles. The van der Waals surface area contributed by atoms with Crippen molar-refractivity contribution in [3.05, 3.63) is 28.4 Å². The Morgan fingerprint density at radius 3 is 1.70 bits per heavy atom. The number of nitrogens with zero attached hydrogens (tertiary/aromatic N) is 3. The lowest BCUT2D eigenvalue weighted by Crippen LogP contribution is -2.28. The zero-order chi connectivity index (χ0) is 43.7. The van der Waals surface area contributed by atoms with Crippen LogP contribution in [0.2, 0.25) is 0 Å². The van der Waals surface area contributed by atoms with E-state index < -0.39 is 4.92 Å². The van der Waals surface area contributed by atoms with Crippen LogP contribution >= 0.6 is 0 Å². The molecule has 0 atom stereocenters. The van der Waals surface area contributed by atoms with E-state index >= 15 is 0 Å². The minimum Gasteiger partial charge on any atom is -0.466 e. The van der Waals surface area contributed by atoms with Crippen molar-refractivity contribution < 1.29 is 24.0 Å². The van der Waals surface area contributed by atoms with Gasteiger partial charge in [-0.05, 0) is 95.8 Å². The molecule has 1 aromatic heterocycles. The molecule has 0 fully saturated rings.